The van der Waals surface area contributed by atoms with Crippen LogP contribution in [0, 0.1) is 5.92 Å². The van der Waals surface area contributed by atoms with Gasteiger partial charge < -0.3 is 15.8 Å². The maximum absolute atomic E-state index is 5.92. The Morgan fingerprint density at radius 1 is 1.20 bits per heavy atom. The highest BCUT2D eigenvalue weighted by molar-refractivity contribution is 6.30. The van der Waals surface area contributed by atoms with Gasteiger partial charge >= 0.3 is 0 Å². The van der Waals surface area contributed by atoms with E-state index in [0.29, 0.717) is 6.54 Å². The van der Waals surface area contributed by atoms with E-state index >= 15 is 0 Å². The van der Waals surface area contributed by atoms with Crippen molar-refractivity contribution in [3.8, 4) is 5.75 Å². The molecule has 1 aliphatic rings. The van der Waals surface area contributed by atoms with Crippen molar-refractivity contribution in [1.29, 1.82) is 0 Å². The molecule has 116 valence electrons. The lowest BCUT2D eigenvalue weighted by Gasteiger charge is -2.27. The zero-order chi connectivity index (χ0) is 12.8. The minimum Gasteiger partial charge on any atom is -0.489 e. The number of benzene rings is 1. The van der Waals surface area contributed by atoms with E-state index in [0.717, 1.165) is 36.2 Å². The molecule has 0 radical (unpaired) electrons. The Kier molecular flexibility index (Phi) is 10.4. The Balaban J connectivity index is 0.00000180. The number of halogens is 3. The SMILES string of the molecule is Cl.Cl.NCC(CC1CCNCC1)Oc1ccc(Cl)cc1. The molecule has 1 atom stereocenters. The molecular formula is C14H23Cl3N2O. The van der Waals surface area contributed by atoms with E-state index < -0.39 is 0 Å². The molecule has 2 rings (SSSR count). The van der Waals surface area contributed by atoms with Gasteiger partial charge in [0.25, 0.3) is 0 Å². The molecular weight excluding hydrogens is 319 g/mol. The first-order valence-electron chi connectivity index (χ1n) is 6.61. The van der Waals surface area contributed by atoms with Crippen LogP contribution in [0.15, 0.2) is 24.3 Å². The molecule has 3 nitrogen and oxygen atoms in total. The average molecular weight is 342 g/mol. The van der Waals surface area contributed by atoms with Crippen LogP contribution in [-0.2, 0) is 0 Å². The Hall–Kier alpha value is -0.190. The molecule has 1 aromatic carbocycles. The monoisotopic (exact) mass is 340 g/mol. The summed E-state index contributed by atoms with van der Waals surface area (Å²) in [5, 5.41) is 4.10. The molecule has 1 heterocycles. The molecule has 0 aliphatic carbocycles. The predicted octanol–water partition coefficient (Wildman–Crippen LogP) is 3.28. The Morgan fingerprint density at radius 2 is 1.80 bits per heavy atom. The van der Waals surface area contributed by atoms with E-state index in [1.54, 1.807) is 0 Å². The summed E-state index contributed by atoms with van der Waals surface area (Å²) in [6.45, 7) is 2.79. The quantitative estimate of drug-likeness (QED) is 0.864. The van der Waals surface area contributed by atoms with Gasteiger partial charge in [0, 0.05) is 11.6 Å². The van der Waals surface area contributed by atoms with Gasteiger partial charge in [0.05, 0.1) is 0 Å². The van der Waals surface area contributed by atoms with Crippen LogP contribution in [0.1, 0.15) is 19.3 Å². The third-order valence-corrected chi connectivity index (χ3v) is 3.69. The largest absolute Gasteiger partial charge is 0.489 e. The van der Waals surface area contributed by atoms with Gasteiger partial charge in [-0.05, 0) is 62.5 Å². The molecule has 0 saturated carbocycles. The van der Waals surface area contributed by atoms with Crippen LogP contribution in [0.3, 0.4) is 0 Å². The Labute approximate surface area is 138 Å². The molecule has 0 bridgehead atoms. The van der Waals surface area contributed by atoms with Gasteiger partial charge in [0.15, 0.2) is 0 Å². The lowest BCUT2D eigenvalue weighted by Crippen LogP contribution is -2.34. The second-order valence-corrected chi connectivity index (χ2v) is 5.29. The molecule has 1 saturated heterocycles. The summed E-state index contributed by atoms with van der Waals surface area (Å²) in [6.07, 6.45) is 3.59. The molecule has 20 heavy (non-hydrogen) atoms. The van der Waals surface area contributed by atoms with Gasteiger partial charge in [-0.1, -0.05) is 11.6 Å². The van der Waals surface area contributed by atoms with Gasteiger partial charge in [-0.3, -0.25) is 0 Å². The third-order valence-electron chi connectivity index (χ3n) is 3.43. The first kappa shape index (κ1) is 19.8. The highest BCUT2D eigenvalue weighted by Gasteiger charge is 2.19. The average Bonchev–Trinajstić information content (AvgIpc) is 2.41. The maximum atomic E-state index is 5.92. The fourth-order valence-corrected chi connectivity index (χ4v) is 2.51. The van der Waals surface area contributed by atoms with Crippen LogP contribution < -0.4 is 15.8 Å². The molecule has 3 N–H and O–H groups in total. The lowest BCUT2D eigenvalue weighted by atomic mass is 9.92. The number of hydrogen-bond donors (Lipinski definition) is 2. The molecule has 1 aromatic rings. The summed E-state index contributed by atoms with van der Waals surface area (Å²) < 4.78 is 5.92. The second kappa shape index (κ2) is 10.5. The zero-order valence-corrected chi connectivity index (χ0v) is 13.8. The third kappa shape index (κ3) is 6.51. The van der Waals surface area contributed by atoms with Gasteiger partial charge in [0.2, 0.25) is 0 Å². The first-order chi connectivity index (χ1) is 8.78. The topological polar surface area (TPSA) is 47.3 Å². The van der Waals surface area contributed by atoms with E-state index in [-0.39, 0.29) is 30.9 Å². The van der Waals surface area contributed by atoms with E-state index in [1.807, 2.05) is 24.3 Å². The van der Waals surface area contributed by atoms with Crippen molar-refractivity contribution < 1.29 is 4.74 Å². The molecule has 1 unspecified atom stereocenters. The molecule has 0 spiro atoms. The summed E-state index contributed by atoms with van der Waals surface area (Å²) in [4.78, 5) is 0. The molecule has 0 amide bonds. The Bertz CT molecular complexity index is 356. The van der Waals surface area contributed by atoms with Gasteiger partial charge in [-0.25, -0.2) is 0 Å². The van der Waals surface area contributed by atoms with E-state index in [9.17, 15) is 0 Å². The van der Waals surface area contributed by atoms with Crippen molar-refractivity contribution in [2.75, 3.05) is 19.6 Å². The zero-order valence-electron chi connectivity index (χ0n) is 11.4. The van der Waals surface area contributed by atoms with Crippen molar-refractivity contribution in [2.24, 2.45) is 11.7 Å². The number of ether oxygens (including phenoxy) is 1. The van der Waals surface area contributed by atoms with Crippen LogP contribution in [0.4, 0.5) is 0 Å². The van der Waals surface area contributed by atoms with Crippen LogP contribution in [0.2, 0.25) is 5.02 Å². The van der Waals surface area contributed by atoms with Crippen LogP contribution in [0.5, 0.6) is 5.75 Å². The van der Waals surface area contributed by atoms with Gasteiger partial charge in [0.1, 0.15) is 11.9 Å². The summed E-state index contributed by atoms with van der Waals surface area (Å²) >= 11 is 5.85. The lowest BCUT2D eigenvalue weighted by molar-refractivity contribution is 0.162. The van der Waals surface area contributed by atoms with Crippen LogP contribution >= 0.6 is 36.4 Å². The molecule has 1 fully saturated rings. The summed E-state index contributed by atoms with van der Waals surface area (Å²) in [5.41, 5.74) is 5.80. The highest BCUT2D eigenvalue weighted by atomic mass is 35.5. The van der Waals surface area contributed by atoms with Crippen molar-refractivity contribution in [3.63, 3.8) is 0 Å². The minimum absolute atomic E-state index is 0. The Morgan fingerprint density at radius 3 is 2.35 bits per heavy atom. The second-order valence-electron chi connectivity index (χ2n) is 4.86. The minimum atomic E-state index is 0. The molecule has 0 aromatic heterocycles. The van der Waals surface area contributed by atoms with E-state index in [4.69, 9.17) is 22.1 Å². The standard InChI is InChI=1S/C14H21ClN2O.2ClH/c15-12-1-3-13(4-2-12)18-14(10-16)9-11-5-7-17-8-6-11;;/h1-4,11,14,17H,5-10,16H2;2*1H. The molecule has 1 aliphatic heterocycles. The fraction of sp³-hybridized carbons (Fsp3) is 0.571. The van der Waals surface area contributed by atoms with Crippen molar-refractivity contribution in [2.45, 2.75) is 25.4 Å². The van der Waals surface area contributed by atoms with Crippen LogP contribution in [0.25, 0.3) is 0 Å². The predicted molar refractivity (Wildman–Crippen MR) is 89.6 cm³/mol. The van der Waals surface area contributed by atoms with Gasteiger partial charge in [-0.15, -0.1) is 24.8 Å². The number of nitrogens with one attached hydrogen (secondary N) is 1. The normalized spacial score (nSPS) is 16.7. The summed E-state index contributed by atoms with van der Waals surface area (Å²) in [6, 6.07) is 7.48. The fourth-order valence-electron chi connectivity index (χ4n) is 2.39. The summed E-state index contributed by atoms with van der Waals surface area (Å²) in [5.74, 6) is 1.58. The van der Waals surface area contributed by atoms with E-state index in [2.05, 4.69) is 5.32 Å². The maximum Gasteiger partial charge on any atom is 0.119 e. The van der Waals surface area contributed by atoms with Gasteiger partial charge in [-0.2, -0.15) is 0 Å². The number of nitrogens with two attached hydrogens (primary N) is 1. The van der Waals surface area contributed by atoms with Crippen LogP contribution in [-0.4, -0.2) is 25.7 Å². The van der Waals surface area contributed by atoms with Crippen molar-refractivity contribution in [3.05, 3.63) is 29.3 Å². The first-order valence-corrected chi connectivity index (χ1v) is 6.98. The van der Waals surface area contributed by atoms with E-state index in [1.165, 1.54) is 12.8 Å². The summed E-state index contributed by atoms with van der Waals surface area (Å²) in [7, 11) is 0. The highest BCUT2D eigenvalue weighted by Crippen LogP contribution is 2.22. The smallest absolute Gasteiger partial charge is 0.119 e. The number of hydrogen-bond acceptors (Lipinski definition) is 3. The number of rotatable bonds is 5. The van der Waals surface area contributed by atoms with Crippen molar-refractivity contribution in [1.82, 2.24) is 5.32 Å². The number of piperidine rings is 1. The molecule has 6 heteroatoms. The van der Waals surface area contributed by atoms with Crippen molar-refractivity contribution >= 4 is 36.4 Å².